The van der Waals surface area contributed by atoms with Crippen molar-refractivity contribution in [2.45, 2.75) is 65.3 Å². The molecule has 0 heterocycles. The van der Waals surface area contributed by atoms with Crippen molar-refractivity contribution >= 4 is 5.91 Å². The van der Waals surface area contributed by atoms with Crippen molar-refractivity contribution in [2.24, 2.45) is 0 Å². The second-order valence-electron chi connectivity index (χ2n) is 8.20. The first-order chi connectivity index (χ1) is 14.0. The predicted octanol–water partition coefficient (Wildman–Crippen LogP) is 5.82. The van der Waals surface area contributed by atoms with Gasteiger partial charge in [0.2, 0.25) is 5.91 Å². The van der Waals surface area contributed by atoms with Gasteiger partial charge >= 0.3 is 0 Å². The van der Waals surface area contributed by atoms with Crippen LogP contribution in [0, 0.1) is 13.8 Å². The van der Waals surface area contributed by atoms with E-state index >= 15 is 0 Å². The van der Waals surface area contributed by atoms with E-state index in [1.54, 1.807) is 7.11 Å². The molecule has 0 unspecified atom stereocenters. The molecule has 1 N–H and O–H groups in total. The van der Waals surface area contributed by atoms with Gasteiger partial charge in [0.15, 0.2) is 0 Å². The fraction of sp³-hybridized carbons (Fsp3) is 0.423. The molecule has 29 heavy (non-hydrogen) atoms. The maximum atomic E-state index is 13.1. The molecular weight excluding hydrogens is 358 g/mol. The number of aryl methyl sites for hydroxylation is 2. The average molecular weight is 392 g/mol. The summed E-state index contributed by atoms with van der Waals surface area (Å²) >= 11 is 0. The lowest BCUT2D eigenvalue weighted by Crippen LogP contribution is -2.26. The quantitative estimate of drug-likeness (QED) is 0.673. The molecule has 0 radical (unpaired) electrons. The molecular formula is C26H33NO2. The third-order valence-corrected chi connectivity index (χ3v) is 5.69. The summed E-state index contributed by atoms with van der Waals surface area (Å²) in [5, 5.41) is 3.16. The minimum atomic E-state index is 0.0992. The molecule has 0 aromatic heterocycles. The summed E-state index contributed by atoms with van der Waals surface area (Å²) in [7, 11) is 1.71. The van der Waals surface area contributed by atoms with Crippen LogP contribution in [-0.2, 0) is 17.8 Å². The van der Waals surface area contributed by atoms with Crippen LogP contribution < -0.4 is 10.1 Å². The molecule has 1 amide bonds. The lowest BCUT2D eigenvalue weighted by molar-refractivity contribution is -0.117. The second-order valence-corrected chi connectivity index (χ2v) is 8.20. The van der Waals surface area contributed by atoms with E-state index in [4.69, 9.17) is 4.74 Å². The van der Waals surface area contributed by atoms with E-state index < -0.39 is 0 Å². The second kappa shape index (κ2) is 10.3. The lowest BCUT2D eigenvalue weighted by Gasteiger charge is -2.19. The van der Waals surface area contributed by atoms with Crippen molar-refractivity contribution in [3.05, 3.63) is 75.9 Å². The van der Waals surface area contributed by atoms with E-state index in [-0.39, 0.29) is 5.91 Å². The van der Waals surface area contributed by atoms with Gasteiger partial charge in [0.25, 0.3) is 0 Å². The molecule has 0 bridgehead atoms. The van der Waals surface area contributed by atoms with Crippen LogP contribution in [0.25, 0.3) is 0 Å². The van der Waals surface area contributed by atoms with E-state index in [1.165, 1.54) is 35.1 Å². The fourth-order valence-corrected chi connectivity index (χ4v) is 4.08. The summed E-state index contributed by atoms with van der Waals surface area (Å²) in [6.07, 6.45) is 7.41. The van der Waals surface area contributed by atoms with Crippen LogP contribution in [-0.4, -0.2) is 13.0 Å². The Bertz CT molecular complexity index is 865. The highest BCUT2D eigenvalue weighted by Crippen LogP contribution is 2.28. The van der Waals surface area contributed by atoms with E-state index in [9.17, 15) is 4.79 Å². The van der Waals surface area contributed by atoms with Crippen molar-refractivity contribution < 1.29 is 9.53 Å². The van der Waals surface area contributed by atoms with Crippen molar-refractivity contribution in [2.75, 3.05) is 7.11 Å². The Kier molecular flexibility index (Phi) is 7.51. The summed E-state index contributed by atoms with van der Waals surface area (Å²) in [6, 6.07) is 14.7. The largest absolute Gasteiger partial charge is 0.497 e. The first-order valence-corrected chi connectivity index (χ1v) is 10.7. The van der Waals surface area contributed by atoms with Gasteiger partial charge in [0.05, 0.1) is 7.11 Å². The number of hydrogen-bond donors (Lipinski definition) is 1. The maximum Gasteiger partial charge on any atom is 0.247 e. The zero-order valence-electron chi connectivity index (χ0n) is 18.0. The number of methoxy groups -OCH3 is 1. The van der Waals surface area contributed by atoms with Gasteiger partial charge < -0.3 is 10.1 Å². The summed E-state index contributed by atoms with van der Waals surface area (Å²) in [4.78, 5) is 13.1. The van der Waals surface area contributed by atoms with Crippen LogP contribution in [0.15, 0.2) is 53.6 Å². The minimum Gasteiger partial charge on any atom is -0.497 e. The Labute approximate surface area is 175 Å². The van der Waals surface area contributed by atoms with Gasteiger partial charge in [0, 0.05) is 12.1 Å². The molecule has 0 atom stereocenters. The first-order valence-electron chi connectivity index (χ1n) is 10.7. The average Bonchev–Trinajstić information content (AvgIpc) is 2.69. The molecule has 154 valence electrons. The van der Waals surface area contributed by atoms with Gasteiger partial charge in [-0.3, -0.25) is 4.79 Å². The molecule has 2 aromatic rings. The van der Waals surface area contributed by atoms with E-state index in [0.29, 0.717) is 6.54 Å². The minimum absolute atomic E-state index is 0.0992. The third kappa shape index (κ3) is 6.22. The topological polar surface area (TPSA) is 38.3 Å². The Morgan fingerprint density at radius 1 is 0.897 bits per heavy atom. The number of amides is 1. The lowest BCUT2D eigenvalue weighted by atomic mass is 9.88. The van der Waals surface area contributed by atoms with Crippen LogP contribution in [0.2, 0.25) is 0 Å². The van der Waals surface area contributed by atoms with Gasteiger partial charge in [0.1, 0.15) is 5.75 Å². The number of benzene rings is 2. The van der Waals surface area contributed by atoms with Gasteiger partial charge in [-0.25, -0.2) is 0 Å². The van der Waals surface area contributed by atoms with Gasteiger partial charge in [-0.15, -0.1) is 0 Å². The Morgan fingerprint density at radius 3 is 2.34 bits per heavy atom. The van der Waals surface area contributed by atoms with E-state index in [2.05, 4.69) is 55.6 Å². The molecule has 0 aliphatic heterocycles. The third-order valence-electron chi connectivity index (χ3n) is 5.69. The standard InChI is InChI=1S/C26H33NO2/c1-19-10-12-21(13-11-19)18-27-26(28)25-9-7-5-4-6-8-23(25)16-22-14-20(2)15-24(17-22)29-3/h10-15,17H,4-9,16,18H2,1-3H3,(H,27,28)/b25-23-. The molecule has 0 saturated heterocycles. The molecule has 2 aromatic carbocycles. The Balaban J connectivity index is 1.80. The monoisotopic (exact) mass is 391 g/mol. The van der Waals surface area contributed by atoms with Crippen molar-refractivity contribution in [3.63, 3.8) is 0 Å². The summed E-state index contributed by atoms with van der Waals surface area (Å²) in [6.45, 7) is 4.75. The Hall–Kier alpha value is -2.55. The number of ether oxygens (including phenoxy) is 1. The number of rotatable bonds is 6. The first kappa shape index (κ1) is 21.2. The van der Waals surface area contributed by atoms with Crippen LogP contribution in [0.3, 0.4) is 0 Å². The SMILES string of the molecule is COc1cc(C)cc(C/C2=C(\C(=O)NCc3ccc(C)cc3)CCCCCC2)c1. The Morgan fingerprint density at radius 2 is 1.62 bits per heavy atom. The van der Waals surface area contributed by atoms with Crippen LogP contribution in [0.4, 0.5) is 0 Å². The van der Waals surface area contributed by atoms with Crippen LogP contribution >= 0.6 is 0 Å². The molecule has 0 saturated carbocycles. The number of allylic oxidation sites excluding steroid dienone is 1. The smallest absolute Gasteiger partial charge is 0.247 e. The molecule has 0 fully saturated rings. The highest BCUT2D eigenvalue weighted by Gasteiger charge is 2.18. The maximum absolute atomic E-state index is 13.1. The van der Waals surface area contributed by atoms with Crippen LogP contribution in [0.1, 0.15) is 60.8 Å². The van der Waals surface area contributed by atoms with E-state index in [0.717, 1.165) is 49.0 Å². The molecule has 0 spiro atoms. The predicted molar refractivity (Wildman–Crippen MR) is 119 cm³/mol. The van der Waals surface area contributed by atoms with Gasteiger partial charge in [-0.1, -0.05) is 54.3 Å². The molecule has 3 nitrogen and oxygen atoms in total. The van der Waals surface area contributed by atoms with E-state index in [1.807, 2.05) is 6.07 Å². The number of carbonyl (C=O) groups excluding carboxylic acids is 1. The zero-order valence-corrected chi connectivity index (χ0v) is 18.0. The van der Waals surface area contributed by atoms with Crippen molar-refractivity contribution in [1.82, 2.24) is 5.32 Å². The molecule has 3 rings (SSSR count). The van der Waals surface area contributed by atoms with Gasteiger partial charge in [-0.2, -0.15) is 0 Å². The molecule has 1 aliphatic carbocycles. The summed E-state index contributed by atoms with van der Waals surface area (Å²) in [5.74, 6) is 0.985. The van der Waals surface area contributed by atoms with Crippen molar-refractivity contribution in [1.29, 1.82) is 0 Å². The van der Waals surface area contributed by atoms with Gasteiger partial charge in [-0.05, 0) is 74.8 Å². The fourth-order valence-electron chi connectivity index (χ4n) is 4.08. The van der Waals surface area contributed by atoms with Crippen LogP contribution in [0.5, 0.6) is 5.75 Å². The molecule has 3 heteroatoms. The highest BCUT2D eigenvalue weighted by atomic mass is 16.5. The van der Waals surface area contributed by atoms with Crippen molar-refractivity contribution in [3.8, 4) is 5.75 Å². The number of carbonyl (C=O) groups is 1. The zero-order chi connectivity index (χ0) is 20.6. The number of hydrogen-bond acceptors (Lipinski definition) is 2. The normalized spacial score (nSPS) is 17.3. The summed E-state index contributed by atoms with van der Waals surface area (Å²) in [5.41, 5.74) is 7.08. The summed E-state index contributed by atoms with van der Waals surface area (Å²) < 4.78 is 5.44. The highest BCUT2D eigenvalue weighted by molar-refractivity contribution is 5.94. The number of nitrogens with one attached hydrogen (secondary N) is 1. The molecule has 1 aliphatic rings.